The Hall–Kier alpha value is -0.993. The minimum absolute atomic E-state index is 0.242. The minimum atomic E-state index is -2.51. The van der Waals surface area contributed by atoms with Crippen molar-refractivity contribution in [1.82, 2.24) is 0 Å². The molecular formula is C11H13F5O2Si. The molecule has 108 valence electrons. The van der Waals surface area contributed by atoms with Crippen LogP contribution >= 0.6 is 0 Å². The van der Waals surface area contributed by atoms with Gasteiger partial charge in [0.1, 0.15) is 0 Å². The number of hydrogen-bond acceptors (Lipinski definition) is 2. The highest BCUT2D eigenvalue weighted by molar-refractivity contribution is 6.43. The summed E-state index contributed by atoms with van der Waals surface area (Å²) < 4.78 is 76.0. The van der Waals surface area contributed by atoms with Crippen LogP contribution in [0.1, 0.15) is 19.4 Å². The molecule has 0 amide bonds. The van der Waals surface area contributed by atoms with Crippen LogP contribution < -0.4 is 0 Å². The Morgan fingerprint density at radius 3 is 1.47 bits per heavy atom. The van der Waals surface area contributed by atoms with Gasteiger partial charge in [0.15, 0.2) is 23.3 Å². The predicted molar refractivity (Wildman–Crippen MR) is 60.3 cm³/mol. The zero-order valence-corrected chi connectivity index (χ0v) is 11.6. The minimum Gasteiger partial charge on any atom is -0.397 e. The molecule has 0 fully saturated rings. The van der Waals surface area contributed by atoms with Gasteiger partial charge >= 0.3 is 9.28 Å². The van der Waals surface area contributed by atoms with Crippen LogP contribution in [-0.4, -0.2) is 22.5 Å². The zero-order chi connectivity index (χ0) is 14.6. The first kappa shape index (κ1) is 16.1. The second-order valence-electron chi connectivity index (χ2n) is 3.59. The van der Waals surface area contributed by atoms with E-state index in [9.17, 15) is 22.0 Å². The Labute approximate surface area is 109 Å². The van der Waals surface area contributed by atoms with E-state index < -0.39 is 50.0 Å². The molecule has 1 aromatic rings. The van der Waals surface area contributed by atoms with E-state index in [1.807, 2.05) is 0 Å². The summed E-state index contributed by atoms with van der Waals surface area (Å²) in [7, 11) is -2.51. The third-order valence-electron chi connectivity index (χ3n) is 2.38. The highest BCUT2D eigenvalue weighted by Crippen LogP contribution is 2.24. The third-order valence-corrected chi connectivity index (χ3v) is 4.53. The van der Waals surface area contributed by atoms with Crippen molar-refractivity contribution in [2.75, 3.05) is 13.2 Å². The first-order valence-corrected chi connectivity index (χ1v) is 7.43. The van der Waals surface area contributed by atoms with Crippen LogP contribution in [0.4, 0.5) is 22.0 Å². The van der Waals surface area contributed by atoms with Gasteiger partial charge in [-0.1, -0.05) is 0 Å². The van der Waals surface area contributed by atoms with E-state index in [1.54, 1.807) is 13.8 Å². The molecule has 0 aromatic heterocycles. The Morgan fingerprint density at radius 2 is 1.11 bits per heavy atom. The normalized spacial score (nSPS) is 11.4. The van der Waals surface area contributed by atoms with Crippen molar-refractivity contribution in [2.45, 2.75) is 19.9 Å². The van der Waals surface area contributed by atoms with Gasteiger partial charge in [-0.3, -0.25) is 0 Å². The van der Waals surface area contributed by atoms with Crippen molar-refractivity contribution in [3.63, 3.8) is 0 Å². The molecule has 0 heterocycles. The highest BCUT2D eigenvalue weighted by Gasteiger charge is 2.28. The third kappa shape index (κ3) is 3.52. The van der Waals surface area contributed by atoms with Crippen LogP contribution in [0.2, 0.25) is 0 Å². The van der Waals surface area contributed by atoms with Crippen LogP contribution in [0, 0.1) is 29.1 Å². The topological polar surface area (TPSA) is 18.5 Å². The molecule has 1 rings (SSSR count). The van der Waals surface area contributed by atoms with Crippen LogP contribution in [0.25, 0.3) is 0 Å². The van der Waals surface area contributed by atoms with Crippen LogP contribution in [0.3, 0.4) is 0 Å². The Kier molecular flexibility index (Phi) is 5.89. The van der Waals surface area contributed by atoms with Crippen molar-refractivity contribution < 1.29 is 30.8 Å². The Bertz CT molecular complexity index is 420. The molecule has 0 aliphatic rings. The predicted octanol–water partition coefficient (Wildman–Crippen LogP) is 2.76. The molecular weight excluding hydrogens is 287 g/mol. The quantitative estimate of drug-likeness (QED) is 0.348. The fourth-order valence-corrected chi connectivity index (χ4v) is 3.30. The van der Waals surface area contributed by atoms with Gasteiger partial charge in [-0.15, -0.1) is 0 Å². The fraction of sp³-hybridized carbons (Fsp3) is 0.455. The second kappa shape index (κ2) is 6.97. The lowest BCUT2D eigenvalue weighted by Gasteiger charge is -2.16. The number of hydrogen-bond donors (Lipinski definition) is 0. The van der Waals surface area contributed by atoms with Crippen molar-refractivity contribution in [3.05, 3.63) is 34.6 Å². The smallest absolute Gasteiger partial charge is 0.326 e. The van der Waals surface area contributed by atoms with Crippen LogP contribution in [-0.2, 0) is 14.9 Å². The summed E-state index contributed by atoms with van der Waals surface area (Å²) in [4.78, 5) is 0. The number of rotatable bonds is 6. The van der Waals surface area contributed by atoms with Crippen molar-refractivity contribution in [1.29, 1.82) is 0 Å². The molecule has 8 heteroatoms. The van der Waals surface area contributed by atoms with Crippen molar-refractivity contribution in [3.8, 4) is 0 Å². The van der Waals surface area contributed by atoms with Gasteiger partial charge < -0.3 is 8.85 Å². The molecule has 0 aliphatic heterocycles. The van der Waals surface area contributed by atoms with Gasteiger partial charge in [0.05, 0.1) is 0 Å². The van der Waals surface area contributed by atoms with Gasteiger partial charge in [0.25, 0.3) is 0 Å². The van der Waals surface area contributed by atoms with Gasteiger partial charge in [0, 0.05) is 24.8 Å². The molecule has 19 heavy (non-hydrogen) atoms. The maximum absolute atomic E-state index is 13.4. The summed E-state index contributed by atoms with van der Waals surface area (Å²) in [6.45, 7) is 3.79. The van der Waals surface area contributed by atoms with Crippen molar-refractivity contribution >= 4 is 9.28 Å². The maximum atomic E-state index is 13.4. The first-order chi connectivity index (χ1) is 8.93. The largest absolute Gasteiger partial charge is 0.397 e. The number of halogens is 5. The van der Waals surface area contributed by atoms with Crippen LogP contribution in [0.5, 0.6) is 0 Å². The van der Waals surface area contributed by atoms with E-state index >= 15 is 0 Å². The fourth-order valence-electron chi connectivity index (χ4n) is 1.53. The lowest BCUT2D eigenvalue weighted by molar-refractivity contribution is 0.211. The molecule has 1 aromatic carbocycles. The molecule has 0 N–H and O–H groups in total. The van der Waals surface area contributed by atoms with E-state index in [4.69, 9.17) is 8.85 Å². The highest BCUT2D eigenvalue weighted by atomic mass is 28.3. The maximum Gasteiger partial charge on any atom is 0.326 e. The summed E-state index contributed by atoms with van der Waals surface area (Å²) in [5.74, 6) is -9.71. The molecule has 0 bridgehead atoms. The second-order valence-corrected chi connectivity index (χ2v) is 5.53. The average molecular weight is 300 g/mol. The Morgan fingerprint density at radius 1 is 0.737 bits per heavy atom. The standard InChI is InChI=1S/C11H13F5O2Si/c1-3-17-19(18-4-2)5-6-7(12)9(14)11(16)10(15)8(6)13/h19H,3-5H2,1-2H3. The van der Waals surface area contributed by atoms with Crippen LogP contribution in [0.15, 0.2) is 0 Å². The monoisotopic (exact) mass is 300 g/mol. The lowest BCUT2D eigenvalue weighted by atomic mass is 10.2. The van der Waals surface area contributed by atoms with Gasteiger partial charge in [-0.25, -0.2) is 22.0 Å². The average Bonchev–Trinajstić information content (AvgIpc) is 2.39. The molecule has 0 unspecified atom stereocenters. The van der Waals surface area contributed by atoms with Crippen molar-refractivity contribution in [2.24, 2.45) is 0 Å². The van der Waals surface area contributed by atoms with Gasteiger partial charge in [-0.05, 0) is 13.8 Å². The van der Waals surface area contributed by atoms with E-state index in [2.05, 4.69) is 0 Å². The Balaban J connectivity index is 3.12. The van der Waals surface area contributed by atoms with E-state index in [0.29, 0.717) is 0 Å². The van der Waals surface area contributed by atoms with E-state index in [-0.39, 0.29) is 13.2 Å². The van der Waals surface area contributed by atoms with E-state index in [0.717, 1.165) is 0 Å². The molecule has 0 aliphatic carbocycles. The molecule has 0 saturated carbocycles. The molecule has 0 saturated heterocycles. The lowest BCUT2D eigenvalue weighted by Crippen LogP contribution is -2.28. The summed E-state index contributed by atoms with van der Waals surface area (Å²) in [6, 6.07) is -0.423. The molecule has 0 atom stereocenters. The number of benzene rings is 1. The molecule has 0 radical (unpaired) electrons. The molecule has 2 nitrogen and oxygen atoms in total. The zero-order valence-electron chi connectivity index (χ0n) is 10.4. The van der Waals surface area contributed by atoms with Gasteiger partial charge in [0.2, 0.25) is 5.82 Å². The molecule has 0 spiro atoms. The summed E-state index contributed by atoms with van der Waals surface area (Å²) >= 11 is 0. The SMILES string of the molecule is CCO[SiH](Cc1c(F)c(F)c(F)c(F)c1F)OCC. The summed E-state index contributed by atoms with van der Waals surface area (Å²) in [6.07, 6.45) is 0. The first-order valence-electron chi connectivity index (χ1n) is 5.67. The summed E-state index contributed by atoms with van der Waals surface area (Å²) in [5.41, 5.74) is -0.880. The summed E-state index contributed by atoms with van der Waals surface area (Å²) in [5, 5.41) is 0. The van der Waals surface area contributed by atoms with Gasteiger partial charge in [-0.2, -0.15) is 0 Å². The van der Waals surface area contributed by atoms with E-state index in [1.165, 1.54) is 0 Å².